The van der Waals surface area contributed by atoms with Crippen molar-refractivity contribution in [2.45, 2.75) is 30.8 Å². The third kappa shape index (κ3) is 1.24. The molecule has 2 aliphatic heterocycles. The Morgan fingerprint density at radius 1 is 0.931 bits per heavy atom. The summed E-state index contributed by atoms with van der Waals surface area (Å²) in [4.78, 5) is 14.2. The monoisotopic (exact) mass is 388 g/mol. The third-order valence-corrected chi connectivity index (χ3v) is 10.6. The van der Waals surface area contributed by atoms with Gasteiger partial charge in [0.25, 0.3) is 0 Å². The molecule has 1 aromatic rings. The molecule has 0 radical (unpaired) electrons. The van der Waals surface area contributed by atoms with Crippen LogP contribution in [0.3, 0.4) is 0 Å². The number of carbonyl (C=O) groups excluding carboxylic acids is 1. The minimum atomic E-state index is -0.357. The summed E-state index contributed by atoms with van der Waals surface area (Å²) in [5.74, 6) is 3.84. The second kappa shape index (κ2) is 4.42. The number of ether oxygens (including phenoxy) is 3. The smallest absolute Gasteiger partial charge is 0.162 e. The van der Waals surface area contributed by atoms with Crippen LogP contribution in [-0.2, 0) is 19.0 Å². The number of rotatable bonds is 2. The molecule has 8 aliphatic rings. The number of hydrogen-bond donors (Lipinski definition) is 0. The van der Waals surface area contributed by atoms with E-state index in [1.54, 1.807) is 0 Å². The van der Waals surface area contributed by atoms with Crippen molar-refractivity contribution in [3.05, 3.63) is 42.0 Å². The van der Waals surface area contributed by atoms with Crippen LogP contribution in [0.5, 0.6) is 0 Å². The highest BCUT2D eigenvalue weighted by atomic mass is 16.7. The second-order valence-electron chi connectivity index (χ2n) is 10.8. The zero-order valence-electron chi connectivity index (χ0n) is 16.2. The van der Waals surface area contributed by atoms with Crippen molar-refractivity contribution in [1.82, 2.24) is 0 Å². The molecule has 1 aromatic carbocycles. The predicted molar refractivity (Wildman–Crippen MR) is 102 cm³/mol. The normalized spacial score (nSPS) is 59.5. The molecule has 0 N–H and O–H groups in total. The SMILES string of the molecule is O=C1[C@H]2[C@@H]3C[C@@H]4[C@H]2O[C@@]25[C@@H]4[C@@H]3[C@@]12[C@H](C1OCCO1)[C@H]1C[C@@H]5C=C1c1ccccc1. The van der Waals surface area contributed by atoms with Gasteiger partial charge in [-0.3, -0.25) is 4.79 Å². The van der Waals surface area contributed by atoms with Crippen molar-refractivity contribution >= 4 is 11.4 Å². The van der Waals surface area contributed by atoms with Gasteiger partial charge in [-0.1, -0.05) is 36.4 Å². The van der Waals surface area contributed by atoms with Crippen molar-refractivity contribution in [3.8, 4) is 0 Å². The van der Waals surface area contributed by atoms with Crippen LogP contribution in [-0.4, -0.2) is 37.0 Å². The number of allylic oxidation sites excluding steroid dienone is 1. The fourth-order valence-electron chi connectivity index (χ4n) is 10.5. The first-order valence-electron chi connectivity index (χ1n) is 11.5. The van der Waals surface area contributed by atoms with Gasteiger partial charge in [-0.05, 0) is 53.6 Å². The largest absolute Gasteiger partial charge is 0.369 e. The Hall–Kier alpha value is -1.49. The lowest BCUT2D eigenvalue weighted by atomic mass is 9.34. The highest BCUT2D eigenvalue weighted by molar-refractivity contribution is 5.98. The Labute approximate surface area is 169 Å². The van der Waals surface area contributed by atoms with E-state index < -0.39 is 0 Å². The van der Waals surface area contributed by atoms with Gasteiger partial charge in [-0.25, -0.2) is 0 Å². The number of Topliss-reactive ketones (excluding diaryl/α,β-unsaturated/α-hetero) is 1. The molecule has 2 saturated heterocycles. The predicted octanol–water partition coefficient (Wildman–Crippen LogP) is 2.93. The summed E-state index contributed by atoms with van der Waals surface area (Å²) in [6.07, 6.45) is 4.77. The summed E-state index contributed by atoms with van der Waals surface area (Å²) >= 11 is 0. The average molecular weight is 388 g/mol. The van der Waals surface area contributed by atoms with Gasteiger partial charge in [0.15, 0.2) is 6.29 Å². The molecule has 5 saturated carbocycles. The van der Waals surface area contributed by atoms with Gasteiger partial charge in [-0.15, -0.1) is 0 Å². The second-order valence-corrected chi connectivity index (χ2v) is 10.8. The summed E-state index contributed by atoms with van der Waals surface area (Å²) in [5, 5.41) is 0. The molecule has 4 nitrogen and oxygen atoms in total. The highest BCUT2D eigenvalue weighted by Crippen LogP contribution is 2.91. The maximum Gasteiger partial charge on any atom is 0.162 e. The van der Waals surface area contributed by atoms with Gasteiger partial charge < -0.3 is 14.2 Å². The maximum absolute atomic E-state index is 14.2. The van der Waals surface area contributed by atoms with Crippen molar-refractivity contribution in [2.24, 2.45) is 52.8 Å². The third-order valence-electron chi connectivity index (χ3n) is 10.6. The van der Waals surface area contributed by atoms with E-state index in [2.05, 4.69) is 36.4 Å². The molecule has 6 aliphatic carbocycles. The zero-order chi connectivity index (χ0) is 18.7. The lowest BCUT2D eigenvalue weighted by molar-refractivity contribution is -0.317. The zero-order valence-corrected chi connectivity index (χ0v) is 16.2. The molecule has 9 rings (SSSR count). The molecule has 0 unspecified atom stereocenters. The number of hydrogen-bond acceptors (Lipinski definition) is 4. The van der Waals surface area contributed by atoms with E-state index in [1.807, 2.05) is 0 Å². The van der Waals surface area contributed by atoms with E-state index in [-0.39, 0.29) is 35.2 Å². The first-order chi connectivity index (χ1) is 14.3. The van der Waals surface area contributed by atoms with Gasteiger partial charge in [0.05, 0.1) is 30.3 Å². The molecule has 0 amide bonds. The average Bonchev–Trinajstić information content (AvgIpc) is 3.50. The lowest BCUT2D eigenvalue weighted by Gasteiger charge is -2.70. The van der Waals surface area contributed by atoms with Crippen LogP contribution in [0.25, 0.3) is 5.57 Å². The van der Waals surface area contributed by atoms with E-state index in [0.29, 0.717) is 54.5 Å². The van der Waals surface area contributed by atoms with Crippen LogP contribution in [0.15, 0.2) is 36.4 Å². The minimum Gasteiger partial charge on any atom is -0.369 e. The van der Waals surface area contributed by atoms with Gasteiger partial charge in [-0.2, -0.15) is 0 Å². The molecular formula is C25H24O4. The van der Waals surface area contributed by atoms with Crippen molar-refractivity contribution in [1.29, 1.82) is 0 Å². The molecule has 4 heteroatoms. The van der Waals surface area contributed by atoms with Gasteiger partial charge >= 0.3 is 0 Å². The number of carbonyl (C=O) groups is 1. The number of ketones is 1. The van der Waals surface area contributed by atoms with Crippen LogP contribution in [0.2, 0.25) is 0 Å². The summed E-state index contributed by atoms with van der Waals surface area (Å²) in [6.45, 7) is 1.29. The van der Waals surface area contributed by atoms with E-state index >= 15 is 0 Å². The molecule has 0 aromatic heterocycles. The van der Waals surface area contributed by atoms with E-state index in [9.17, 15) is 4.79 Å². The van der Waals surface area contributed by atoms with E-state index in [4.69, 9.17) is 14.2 Å². The maximum atomic E-state index is 14.2. The molecule has 29 heavy (non-hydrogen) atoms. The van der Waals surface area contributed by atoms with Gasteiger partial charge in [0.2, 0.25) is 0 Å². The lowest BCUT2D eigenvalue weighted by Crippen LogP contribution is -2.79. The van der Waals surface area contributed by atoms with Crippen LogP contribution in [0.4, 0.5) is 0 Å². The molecule has 7 fully saturated rings. The Morgan fingerprint density at radius 2 is 1.76 bits per heavy atom. The molecule has 2 heterocycles. The van der Waals surface area contributed by atoms with Gasteiger partial charge in [0, 0.05) is 17.8 Å². The summed E-state index contributed by atoms with van der Waals surface area (Å²) in [6, 6.07) is 10.8. The van der Waals surface area contributed by atoms with Gasteiger partial charge in [0.1, 0.15) is 5.78 Å². The Balaban J connectivity index is 1.31. The highest BCUT2D eigenvalue weighted by Gasteiger charge is 2.98. The quantitative estimate of drug-likeness (QED) is 0.782. The number of fused-ring (bicyclic) bond motifs is 3. The van der Waals surface area contributed by atoms with Crippen molar-refractivity contribution < 1.29 is 19.0 Å². The molecule has 11 atom stereocenters. The summed E-state index contributed by atoms with van der Waals surface area (Å²) in [5.41, 5.74) is 2.09. The minimum absolute atomic E-state index is 0.106. The Kier molecular flexibility index (Phi) is 2.33. The number of benzene rings is 1. The fourth-order valence-corrected chi connectivity index (χ4v) is 10.5. The Bertz CT molecular complexity index is 1010. The van der Waals surface area contributed by atoms with E-state index in [1.165, 1.54) is 17.6 Å². The molecule has 148 valence electrons. The molecule has 4 bridgehead atoms. The van der Waals surface area contributed by atoms with Crippen molar-refractivity contribution in [2.75, 3.05) is 13.2 Å². The Morgan fingerprint density at radius 3 is 2.59 bits per heavy atom. The first-order valence-corrected chi connectivity index (χ1v) is 11.5. The van der Waals surface area contributed by atoms with Crippen LogP contribution in [0.1, 0.15) is 18.4 Å². The topological polar surface area (TPSA) is 44.8 Å². The van der Waals surface area contributed by atoms with Crippen LogP contribution in [0, 0.1) is 52.8 Å². The van der Waals surface area contributed by atoms with Crippen LogP contribution >= 0.6 is 0 Å². The fraction of sp³-hybridized carbons (Fsp3) is 0.640. The standard InChI is InChI=1S/C25H24O4/c26-22-17-15-10-16-19-18(15)24(22)20(23-27-6-7-28-23)14-9-12(25(19,24)29-21(16)17)8-13(14)11-4-2-1-3-5-11/h1-5,8,12,14-21,23H,6-7,9-10H2/t12-,14-,15-,16-,17-,18+,19-,20-,21+,24+,25-/m0/s1. The van der Waals surface area contributed by atoms with Crippen molar-refractivity contribution in [3.63, 3.8) is 0 Å². The molecule has 2 spiro atoms. The van der Waals surface area contributed by atoms with E-state index in [0.717, 1.165) is 6.42 Å². The summed E-state index contributed by atoms with van der Waals surface area (Å²) < 4.78 is 19.4. The first kappa shape index (κ1) is 15.3. The molecular weight excluding hydrogens is 364 g/mol. The summed E-state index contributed by atoms with van der Waals surface area (Å²) in [7, 11) is 0. The van der Waals surface area contributed by atoms with Crippen LogP contribution < -0.4 is 0 Å².